The van der Waals surface area contributed by atoms with Gasteiger partial charge in [0.25, 0.3) is 5.91 Å². The number of hydrogen-bond donors (Lipinski definition) is 2. The van der Waals surface area contributed by atoms with E-state index in [0.717, 1.165) is 42.5 Å². The molecule has 0 spiro atoms. The Morgan fingerprint density at radius 1 is 0.887 bits per heavy atom. The van der Waals surface area contributed by atoms with Crippen LogP contribution in [0.2, 0.25) is 0 Å². The van der Waals surface area contributed by atoms with Gasteiger partial charge in [-0.1, -0.05) is 77.9 Å². The summed E-state index contributed by atoms with van der Waals surface area (Å²) in [5.41, 5.74) is 6.89. The summed E-state index contributed by atoms with van der Waals surface area (Å²) in [4.78, 5) is 34.0. The third-order valence-electron chi connectivity index (χ3n) is 10.5. The largest absolute Gasteiger partial charge is 0.493 e. The highest BCUT2D eigenvalue weighted by Crippen LogP contribution is 2.38. The van der Waals surface area contributed by atoms with Gasteiger partial charge in [0.05, 0.1) is 29.8 Å². The summed E-state index contributed by atoms with van der Waals surface area (Å²) in [6, 6.07) is 19.7. The van der Waals surface area contributed by atoms with Crippen LogP contribution in [0.15, 0.2) is 77.3 Å². The molecule has 0 radical (unpaired) electrons. The molecule has 1 aliphatic carbocycles. The number of hydrogen-bond acceptors (Lipinski definition) is 7. The van der Waals surface area contributed by atoms with E-state index in [1.54, 1.807) is 18.2 Å². The molecule has 0 fully saturated rings. The van der Waals surface area contributed by atoms with E-state index in [0.29, 0.717) is 61.7 Å². The maximum Gasteiger partial charge on any atom is 0.255 e. The normalized spacial score (nSPS) is 14.2. The molecule has 0 heterocycles. The lowest BCUT2D eigenvalue weighted by molar-refractivity contribution is -0.117. The minimum absolute atomic E-state index is 0.0244. The number of ether oxygens (including phenoxy) is 1. The molecule has 1 amide bonds. The number of aryl methyl sites for hydroxylation is 1. The van der Waals surface area contributed by atoms with E-state index < -0.39 is 15.9 Å². The minimum atomic E-state index is -3.27. The monoisotopic (exact) mass is 742 g/mol. The zero-order chi connectivity index (χ0) is 39.0. The second kappa shape index (κ2) is 17.7. The first-order valence-corrected chi connectivity index (χ1v) is 20.7. The number of unbranched alkanes of at least 4 members (excludes halogenated alkanes) is 1. The first-order valence-electron chi connectivity index (χ1n) is 18.8. The molecular formula is C43H58N4O5S. The van der Waals surface area contributed by atoms with Crippen molar-refractivity contribution >= 4 is 38.8 Å². The van der Waals surface area contributed by atoms with Crippen molar-refractivity contribution in [3.05, 3.63) is 100 Å². The van der Waals surface area contributed by atoms with Gasteiger partial charge in [-0.3, -0.25) is 9.59 Å². The van der Waals surface area contributed by atoms with Crippen molar-refractivity contribution in [3.63, 3.8) is 0 Å². The molecule has 0 atom stereocenters. The number of anilines is 1. The van der Waals surface area contributed by atoms with Crippen molar-refractivity contribution < 1.29 is 22.7 Å². The van der Waals surface area contributed by atoms with Crippen LogP contribution in [0, 0.1) is 6.92 Å². The molecule has 0 aromatic heterocycles. The number of carbonyl (C=O) groups excluding carboxylic acids is 2. The Labute approximate surface area is 317 Å². The van der Waals surface area contributed by atoms with Crippen LogP contribution in [0.5, 0.6) is 5.75 Å². The lowest BCUT2D eigenvalue weighted by Crippen LogP contribution is -2.34. The fourth-order valence-electron chi connectivity index (χ4n) is 6.22. The number of aliphatic imine (C=N–C) groups is 1. The van der Waals surface area contributed by atoms with Crippen molar-refractivity contribution in [1.29, 1.82) is 0 Å². The lowest BCUT2D eigenvalue weighted by atomic mass is 9.76. The molecule has 0 unspecified atom stereocenters. The number of ketones is 1. The van der Waals surface area contributed by atoms with Gasteiger partial charge in [0.15, 0.2) is 5.78 Å². The number of amides is 1. The van der Waals surface area contributed by atoms with Gasteiger partial charge < -0.3 is 15.0 Å². The van der Waals surface area contributed by atoms with E-state index in [9.17, 15) is 18.0 Å². The molecule has 0 saturated carbocycles. The van der Waals surface area contributed by atoms with Crippen LogP contribution in [0.1, 0.15) is 107 Å². The van der Waals surface area contributed by atoms with Gasteiger partial charge in [-0.05, 0) is 91.8 Å². The molecule has 0 bridgehead atoms. The number of nitrogens with zero attached hydrogens (tertiary/aromatic N) is 2. The smallest absolute Gasteiger partial charge is 0.255 e. The molecule has 4 rings (SSSR count). The van der Waals surface area contributed by atoms with Crippen LogP contribution in [0.25, 0.3) is 0 Å². The predicted octanol–water partition coefficient (Wildman–Crippen LogP) is 7.96. The molecule has 10 heteroatoms. The highest BCUT2D eigenvalue weighted by molar-refractivity contribution is 7.88. The van der Waals surface area contributed by atoms with Crippen LogP contribution in [0.4, 0.5) is 11.4 Å². The van der Waals surface area contributed by atoms with Crippen LogP contribution in [-0.2, 0) is 25.6 Å². The number of benzene rings is 3. The first-order chi connectivity index (χ1) is 25.0. The zero-order valence-electron chi connectivity index (χ0n) is 33.1. The molecule has 0 saturated heterocycles. The van der Waals surface area contributed by atoms with E-state index >= 15 is 0 Å². The second-order valence-corrected chi connectivity index (χ2v) is 17.0. The number of Topliss-reactive ketones (excluding diaryl/α,β-unsaturated/α-hetero) is 1. The van der Waals surface area contributed by atoms with E-state index in [2.05, 4.69) is 74.7 Å². The SMILES string of the molecule is CCN(CCNS(C)(=O)=O)c1ccc(N=C2C=C(C(=O)NCCCCOc3ccc(C(C)(C)CC)cc3C(C)(C)CC)C(=O)c3ccccc32)c(C)c1. The van der Waals surface area contributed by atoms with Crippen molar-refractivity contribution in [3.8, 4) is 5.75 Å². The predicted molar refractivity (Wildman–Crippen MR) is 218 cm³/mol. The van der Waals surface area contributed by atoms with Gasteiger partial charge in [0.2, 0.25) is 10.0 Å². The Kier molecular flexibility index (Phi) is 13.8. The van der Waals surface area contributed by atoms with Gasteiger partial charge in [0, 0.05) is 48.6 Å². The van der Waals surface area contributed by atoms with Gasteiger partial charge in [-0.15, -0.1) is 0 Å². The number of fused-ring (bicyclic) bond motifs is 1. The quantitative estimate of drug-likeness (QED) is 0.101. The maximum atomic E-state index is 13.5. The second-order valence-electron chi connectivity index (χ2n) is 15.1. The summed E-state index contributed by atoms with van der Waals surface area (Å²) < 4.78 is 31.9. The van der Waals surface area contributed by atoms with E-state index in [1.807, 2.05) is 44.2 Å². The van der Waals surface area contributed by atoms with Crippen LogP contribution in [-0.4, -0.2) is 64.9 Å². The van der Waals surface area contributed by atoms with Crippen LogP contribution in [0.3, 0.4) is 0 Å². The molecule has 2 N–H and O–H groups in total. The summed E-state index contributed by atoms with van der Waals surface area (Å²) in [5, 5.41) is 2.95. The van der Waals surface area contributed by atoms with Crippen LogP contribution < -0.4 is 19.7 Å². The minimum Gasteiger partial charge on any atom is -0.493 e. The number of likely N-dealkylation sites (N-methyl/N-ethyl adjacent to an activating group) is 1. The maximum absolute atomic E-state index is 13.5. The Hall–Kier alpha value is -4.28. The highest BCUT2D eigenvalue weighted by Gasteiger charge is 2.29. The standard InChI is InChI=1S/C43H58N4O5S/c1-10-42(5,6)31-19-22-39(36(28-31)43(7,8)11-2)52-26-16-15-23-44-41(49)35-29-38(33-17-13-14-18-34(33)40(35)48)46-37-21-20-32(27-30(37)4)47(12-3)25-24-45-53(9,50)51/h13-14,17-22,27-29,45H,10-12,15-16,23-26H2,1-9H3,(H,44,49). The summed E-state index contributed by atoms with van der Waals surface area (Å²) in [6.45, 7) is 19.9. The number of carbonyl (C=O) groups is 2. The van der Waals surface area contributed by atoms with Crippen molar-refractivity contribution in [1.82, 2.24) is 10.0 Å². The molecule has 3 aromatic carbocycles. The zero-order valence-corrected chi connectivity index (χ0v) is 33.9. The van der Waals surface area contributed by atoms with E-state index in [4.69, 9.17) is 9.73 Å². The van der Waals surface area contributed by atoms with Crippen molar-refractivity contribution in [2.24, 2.45) is 4.99 Å². The molecule has 286 valence electrons. The molecule has 1 aliphatic rings. The lowest BCUT2D eigenvalue weighted by Gasteiger charge is -2.30. The van der Waals surface area contributed by atoms with Gasteiger partial charge in [-0.2, -0.15) is 0 Å². The topological polar surface area (TPSA) is 117 Å². The molecule has 3 aromatic rings. The van der Waals surface area contributed by atoms with Gasteiger partial charge >= 0.3 is 0 Å². The summed E-state index contributed by atoms with van der Waals surface area (Å²) in [7, 11) is -3.27. The van der Waals surface area contributed by atoms with Gasteiger partial charge in [0.1, 0.15) is 5.75 Å². The number of sulfonamides is 1. The third kappa shape index (κ3) is 10.7. The molecular weight excluding hydrogens is 685 g/mol. The molecule has 53 heavy (non-hydrogen) atoms. The molecule has 9 nitrogen and oxygen atoms in total. The molecule has 0 aliphatic heterocycles. The summed E-state index contributed by atoms with van der Waals surface area (Å²) >= 11 is 0. The van der Waals surface area contributed by atoms with Gasteiger partial charge in [-0.25, -0.2) is 18.1 Å². The van der Waals surface area contributed by atoms with Crippen molar-refractivity contribution in [2.75, 3.05) is 43.9 Å². The first kappa shape index (κ1) is 41.5. The number of rotatable bonds is 18. The highest BCUT2D eigenvalue weighted by atomic mass is 32.2. The fourth-order valence-corrected chi connectivity index (χ4v) is 6.69. The Morgan fingerprint density at radius 3 is 2.23 bits per heavy atom. The Morgan fingerprint density at radius 2 is 1.58 bits per heavy atom. The number of nitrogens with one attached hydrogen (secondary N) is 2. The fraction of sp³-hybridized carbons (Fsp3) is 0.465. The van der Waals surface area contributed by atoms with E-state index in [1.165, 1.54) is 11.1 Å². The average molecular weight is 743 g/mol. The van der Waals surface area contributed by atoms with Crippen molar-refractivity contribution in [2.45, 2.75) is 91.9 Å². The Balaban J connectivity index is 1.43. The Bertz CT molecular complexity index is 1960. The average Bonchev–Trinajstić information content (AvgIpc) is 3.12. The third-order valence-corrected chi connectivity index (χ3v) is 11.2. The van der Waals surface area contributed by atoms with Crippen LogP contribution >= 0.6 is 0 Å². The van der Waals surface area contributed by atoms with E-state index in [-0.39, 0.29) is 22.2 Å². The summed E-state index contributed by atoms with van der Waals surface area (Å²) in [6.07, 6.45) is 6.23. The summed E-state index contributed by atoms with van der Waals surface area (Å²) in [5.74, 6) is 0.163. The number of allylic oxidation sites excluding steroid dienone is 1.